The first-order valence-corrected chi connectivity index (χ1v) is 4.47. The zero-order valence-corrected chi connectivity index (χ0v) is 9.22. The van der Waals surface area contributed by atoms with Gasteiger partial charge in [0.25, 0.3) is 0 Å². The number of allylic oxidation sites excluding steroid dienone is 1. The lowest BCUT2D eigenvalue weighted by atomic mass is 10.2. The highest BCUT2D eigenvalue weighted by atomic mass is 19.1. The summed E-state index contributed by atoms with van der Waals surface area (Å²) in [6, 6.07) is -0.706. The number of hydrogen-bond acceptors (Lipinski definition) is 2. The summed E-state index contributed by atoms with van der Waals surface area (Å²) in [5, 5.41) is 2.26. The van der Waals surface area contributed by atoms with E-state index in [1.54, 1.807) is 0 Å². The van der Waals surface area contributed by atoms with Crippen LogP contribution in [0.15, 0.2) is 12.7 Å². The van der Waals surface area contributed by atoms with E-state index < -0.39 is 24.7 Å². The Morgan fingerprint density at radius 1 is 1.47 bits per heavy atom. The third kappa shape index (κ3) is 12.7. The Kier molecular flexibility index (Phi) is 10.0. The van der Waals surface area contributed by atoms with Gasteiger partial charge in [-0.05, 0) is 13.8 Å². The molecule has 0 aromatic heterocycles. The van der Waals surface area contributed by atoms with Gasteiger partial charge < -0.3 is 5.32 Å². The Balaban J connectivity index is 0. The lowest BCUT2D eigenvalue weighted by molar-refractivity contribution is -0.126. The predicted octanol–water partition coefficient (Wildman–Crippen LogP) is 1.58. The van der Waals surface area contributed by atoms with Gasteiger partial charge in [0, 0.05) is 6.92 Å². The van der Waals surface area contributed by atoms with Crippen molar-refractivity contribution in [1.82, 2.24) is 5.32 Å². The second-order valence-electron chi connectivity index (χ2n) is 2.94. The highest BCUT2D eigenvalue weighted by molar-refractivity contribution is 5.88. The number of rotatable bonds is 4. The highest BCUT2D eigenvalue weighted by Gasteiger charge is 2.11. The fourth-order valence-electron chi connectivity index (χ4n) is 0.501. The van der Waals surface area contributed by atoms with Gasteiger partial charge in [-0.15, -0.1) is 6.58 Å². The number of nitrogens with one attached hydrogen (secondary N) is 1. The van der Waals surface area contributed by atoms with Crippen molar-refractivity contribution in [1.29, 1.82) is 0 Å². The van der Waals surface area contributed by atoms with Crippen LogP contribution in [0, 0.1) is 0 Å². The van der Waals surface area contributed by atoms with Crippen LogP contribution >= 0.6 is 0 Å². The first-order valence-electron chi connectivity index (χ1n) is 4.47. The predicted molar refractivity (Wildman–Crippen MR) is 55.0 cm³/mol. The molecule has 0 fully saturated rings. The molecule has 0 saturated heterocycles. The zero-order valence-electron chi connectivity index (χ0n) is 9.22. The SMILES string of the molecule is C=CC(C)F.CC(=O)NC(C)C(=O)CF. The van der Waals surface area contributed by atoms with E-state index in [-0.39, 0.29) is 5.91 Å². The highest BCUT2D eigenvalue weighted by Crippen LogP contribution is 1.85. The molecular weight excluding hydrogens is 204 g/mol. The molecule has 0 aliphatic carbocycles. The van der Waals surface area contributed by atoms with E-state index in [0.29, 0.717) is 0 Å². The molecule has 88 valence electrons. The minimum absolute atomic E-state index is 0.325. The lowest BCUT2D eigenvalue weighted by Crippen LogP contribution is -2.37. The van der Waals surface area contributed by atoms with Gasteiger partial charge >= 0.3 is 0 Å². The summed E-state index contributed by atoms with van der Waals surface area (Å²) in [5.74, 6) is -0.926. The Morgan fingerprint density at radius 2 is 1.87 bits per heavy atom. The van der Waals surface area contributed by atoms with Crippen LogP contribution in [0.5, 0.6) is 0 Å². The van der Waals surface area contributed by atoms with Crippen molar-refractivity contribution in [2.24, 2.45) is 0 Å². The molecule has 3 nitrogen and oxygen atoms in total. The van der Waals surface area contributed by atoms with Crippen LogP contribution < -0.4 is 5.32 Å². The molecule has 1 N–H and O–H groups in total. The summed E-state index contributed by atoms with van der Waals surface area (Å²) in [6.07, 6.45) is 0.398. The molecule has 0 heterocycles. The van der Waals surface area contributed by atoms with E-state index in [0.717, 1.165) is 0 Å². The molecule has 5 heteroatoms. The third-order valence-electron chi connectivity index (χ3n) is 1.36. The van der Waals surface area contributed by atoms with Crippen molar-refractivity contribution in [3.8, 4) is 0 Å². The van der Waals surface area contributed by atoms with Gasteiger partial charge in [0.2, 0.25) is 5.91 Å². The summed E-state index contributed by atoms with van der Waals surface area (Å²) in [6.45, 7) is 6.32. The lowest BCUT2D eigenvalue weighted by Gasteiger charge is -2.07. The molecule has 0 rings (SSSR count). The van der Waals surface area contributed by atoms with Crippen molar-refractivity contribution in [3.05, 3.63) is 12.7 Å². The molecule has 0 aromatic carbocycles. The molecule has 0 aromatic rings. The maximum atomic E-state index is 11.6. The van der Waals surface area contributed by atoms with Crippen molar-refractivity contribution < 1.29 is 18.4 Å². The standard InChI is InChI=1S/C6H10FNO2.C4H7F/c1-4(6(10)3-7)8-5(2)9;1-3-4(2)5/h4H,3H2,1-2H3,(H,8,9);3-4H,1H2,2H3. The maximum absolute atomic E-state index is 11.6. The Hall–Kier alpha value is -1.26. The average Bonchev–Trinajstić information content (AvgIpc) is 2.16. The molecule has 0 saturated carbocycles. The van der Waals surface area contributed by atoms with Gasteiger partial charge in [-0.3, -0.25) is 9.59 Å². The van der Waals surface area contributed by atoms with Gasteiger partial charge in [0.05, 0.1) is 6.04 Å². The molecule has 2 atom stereocenters. The zero-order chi connectivity index (χ0) is 12.4. The summed E-state index contributed by atoms with van der Waals surface area (Å²) >= 11 is 0. The van der Waals surface area contributed by atoms with Gasteiger partial charge in [0.15, 0.2) is 5.78 Å². The number of amides is 1. The van der Waals surface area contributed by atoms with Crippen LogP contribution in [0.4, 0.5) is 8.78 Å². The van der Waals surface area contributed by atoms with Crippen molar-refractivity contribution in [2.45, 2.75) is 33.0 Å². The second-order valence-corrected chi connectivity index (χ2v) is 2.94. The quantitative estimate of drug-likeness (QED) is 0.732. The van der Waals surface area contributed by atoms with Crippen LogP contribution in [-0.4, -0.2) is 30.6 Å². The monoisotopic (exact) mass is 221 g/mol. The first-order chi connectivity index (χ1) is 6.84. The summed E-state index contributed by atoms with van der Waals surface area (Å²) in [7, 11) is 0. The van der Waals surface area contributed by atoms with E-state index in [1.807, 2.05) is 0 Å². The van der Waals surface area contributed by atoms with Crippen molar-refractivity contribution in [3.63, 3.8) is 0 Å². The van der Waals surface area contributed by atoms with Gasteiger partial charge in [0.1, 0.15) is 12.8 Å². The smallest absolute Gasteiger partial charge is 0.217 e. The fourth-order valence-corrected chi connectivity index (χ4v) is 0.501. The number of carbonyl (C=O) groups excluding carboxylic acids is 2. The van der Waals surface area contributed by atoms with Gasteiger partial charge in [-0.2, -0.15) is 0 Å². The number of carbonyl (C=O) groups is 2. The third-order valence-corrected chi connectivity index (χ3v) is 1.36. The number of alkyl halides is 2. The number of hydrogen-bond donors (Lipinski definition) is 1. The summed E-state index contributed by atoms with van der Waals surface area (Å²) in [4.78, 5) is 20.7. The molecule has 0 aliphatic heterocycles. The Labute approximate surface area is 88.5 Å². The fraction of sp³-hybridized carbons (Fsp3) is 0.600. The van der Waals surface area contributed by atoms with Crippen molar-refractivity contribution in [2.75, 3.05) is 6.67 Å². The van der Waals surface area contributed by atoms with Crippen LogP contribution in [0.2, 0.25) is 0 Å². The second kappa shape index (κ2) is 9.30. The molecule has 0 aliphatic rings. The minimum atomic E-state index is -1.03. The summed E-state index contributed by atoms with van der Waals surface area (Å²) < 4.78 is 22.9. The maximum Gasteiger partial charge on any atom is 0.217 e. The largest absolute Gasteiger partial charge is 0.347 e. The molecule has 1 amide bonds. The van der Waals surface area contributed by atoms with Crippen LogP contribution in [0.25, 0.3) is 0 Å². The number of halogens is 2. The van der Waals surface area contributed by atoms with Crippen molar-refractivity contribution >= 4 is 11.7 Å². The first kappa shape index (κ1) is 16.2. The summed E-state index contributed by atoms with van der Waals surface area (Å²) in [5.41, 5.74) is 0. The van der Waals surface area contributed by atoms with E-state index in [2.05, 4.69) is 11.9 Å². The van der Waals surface area contributed by atoms with Crippen LogP contribution in [0.1, 0.15) is 20.8 Å². The number of ketones is 1. The van der Waals surface area contributed by atoms with Crippen LogP contribution in [-0.2, 0) is 9.59 Å². The van der Waals surface area contributed by atoms with Gasteiger partial charge in [-0.25, -0.2) is 8.78 Å². The van der Waals surface area contributed by atoms with E-state index in [9.17, 15) is 18.4 Å². The Bertz CT molecular complexity index is 217. The van der Waals surface area contributed by atoms with E-state index in [1.165, 1.54) is 26.8 Å². The Morgan fingerprint density at radius 3 is 2.07 bits per heavy atom. The van der Waals surface area contributed by atoms with Gasteiger partial charge in [-0.1, -0.05) is 6.08 Å². The average molecular weight is 221 g/mol. The topological polar surface area (TPSA) is 46.2 Å². The normalized spacial score (nSPS) is 12.9. The molecule has 2 unspecified atom stereocenters. The molecule has 0 bridgehead atoms. The van der Waals surface area contributed by atoms with E-state index >= 15 is 0 Å². The number of Topliss-reactive ketones (excluding diaryl/α,β-unsaturated/α-hetero) is 1. The minimum Gasteiger partial charge on any atom is -0.347 e. The molecule has 0 spiro atoms. The van der Waals surface area contributed by atoms with E-state index in [4.69, 9.17) is 0 Å². The van der Waals surface area contributed by atoms with Crippen LogP contribution in [0.3, 0.4) is 0 Å². The molecular formula is C10H17F2NO2. The molecule has 0 radical (unpaired) electrons. The molecule has 15 heavy (non-hydrogen) atoms.